The van der Waals surface area contributed by atoms with Gasteiger partial charge in [-0.05, 0) is 25.0 Å². The van der Waals surface area contributed by atoms with Gasteiger partial charge >= 0.3 is 0 Å². The van der Waals surface area contributed by atoms with Crippen LogP contribution < -0.4 is 5.73 Å². The fourth-order valence-electron chi connectivity index (χ4n) is 1.89. The van der Waals surface area contributed by atoms with E-state index < -0.39 is 0 Å². The van der Waals surface area contributed by atoms with Crippen LogP contribution in [0.25, 0.3) is 11.3 Å². The van der Waals surface area contributed by atoms with Crippen LogP contribution in [0.5, 0.6) is 0 Å². The van der Waals surface area contributed by atoms with E-state index in [0.29, 0.717) is 5.82 Å². The highest BCUT2D eigenvalue weighted by atomic mass is 16.5. The quantitative estimate of drug-likeness (QED) is 0.791. The van der Waals surface area contributed by atoms with E-state index in [9.17, 15) is 0 Å². The van der Waals surface area contributed by atoms with Crippen molar-refractivity contribution in [3.63, 3.8) is 0 Å². The molecule has 0 saturated heterocycles. The summed E-state index contributed by atoms with van der Waals surface area (Å²) in [7, 11) is 1.72. The molecule has 5 nitrogen and oxygen atoms in total. The fourth-order valence-corrected chi connectivity index (χ4v) is 1.89. The molecule has 0 aliphatic rings. The summed E-state index contributed by atoms with van der Waals surface area (Å²) in [4.78, 5) is 8.29. The number of pyridine rings is 1. The van der Waals surface area contributed by atoms with Crippen LogP contribution in [0, 0.1) is 0 Å². The van der Waals surface area contributed by atoms with Crippen molar-refractivity contribution in [2.75, 3.05) is 19.5 Å². The molecule has 0 aliphatic carbocycles. The van der Waals surface area contributed by atoms with Crippen LogP contribution in [0.2, 0.25) is 0 Å². The number of hydrogen-bond acceptors (Lipinski definition) is 4. The van der Waals surface area contributed by atoms with Crippen molar-refractivity contribution in [3.8, 4) is 11.3 Å². The molecule has 2 rings (SSSR count). The molecule has 2 heterocycles. The zero-order valence-corrected chi connectivity index (χ0v) is 10.5. The van der Waals surface area contributed by atoms with E-state index in [1.54, 1.807) is 13.3 Å². The summed E-state index contributed by atoms with van der Waals surface area (Å²) in [5.74, 6) is 0.538. The van der Waals surface area contributed by atoms with Crippen LogP contribution in [0.4, 0.5) is 5.82 Å². The normalized spacial score (nSPS) is 10.7. The van der Waals surface area contributed by atoms with Crippen molar-refractivity contribution in [1.29, 1.82) is 0 Å². The topological polar surface area (TPSA) is 66.0 Å². The highest BCUT2D eigenvalue weighted by molar-refractivity contribution is 5.70. The first-order chi connectivity index (χ1) is 8.83. The van der Waals surface area contributed by atoms with Gasteiger partial charge in [-0.15, -0.1) is 0 Å². The Labute approximate surface area is 107 Å². The Hall–Kier alpha value is -1.88. The Balaban J connectivity index is 2.10. The number of imidazole rings is 1. The van der Waals surface area contributed by atoms with Crippen molar-refractivity contribution >= 4 is 5.82 Å². The second-order valence-electron chi connectivity index (χ2n) is 4.11. The molecule has 0 radical (unpaired) electrons. The molecule has 2 aromatic heterocycles. The zero-order chi connectivity index (χ0) is 12.8. The van der Waals surface area contributed by atoms with Crippen LogP contribution >= 0.6 is 0 Å². The van der Waals surface area contributed by atoms with Crippen molar-refractivity contribution in [1.82, 2.24) is 14.5 Å². The number of methoxy groups -OCH3 is 1. The van der Waals surface area contributed by atoms with Gasteiger partial charge in [-0.1, -0.05) is 0 Å². The maximum absolute atomic E-state index is 5.88. The SMILES string of the molecule is COCCCCn1cncc1-c1cccnc1N. The molecule has 96 valence electrons. The maximum Gasteiger partial charge on any atom is 0.132 e. The second kappa shape index (κ2) is 6.16. The lowest BCUT2D eigenvalue weighted by Gasteiger charge is -2.09. The van der Waals surface area contributed by atoms with Gasteiger partial charge in [0.05, 0.1) is 18.2 Å². The van der Waals surface area contributed by atoms with E-state index in [0.717, 1.165) is 37.3 Å². The Morgan fingerprint density at radius 1 is 1.39 bits per heavy atom. The van der Waals surface area contributed by atoms with E-state index in [1.807, 2.05) is 24.7 Å². The van der Waals surface area contributed by atoms with E-state index >= 15 is 0 Å². The number of anilines is 1. The van der Waals surface area contributed by atoms with E-state index in [1.165, 1.54) is 0 Å². The molecule has 18 heavy (non-hydrogen) atoms. The number of nitrogen functional groups attached to an aromatic ring is 1. The summed E-state index contributed by atoms with van der Waals surface area (Å²) in [6.07, 6.45) is 7.43. The van der Waals surface area contributed by atoms with Crippen LogP contribution in [0.1, 0.15) is 12.8 Å². The monoisotopic (exact) mass is 246 g/mol. The lowest BCUT2D eigenvalue weighted by atomic mass is 10.2. The number of rotatable bonds is 6. The molecule has 2 aromatic rings. The third-order valence-electron chi connectivity index (χ3n) is 2.82. The van der Waals surface area contributed by atoms with E-state index in [4.69, 9.17) is 10.5 Å². The summed E-state index contributed by atoms with van der Waals surface area (Å²) < 4.78 is 7.14. The molecule has 0 atom stereocenters. The summed E-state index contributed by atoms with van der Waals surface area (Å²) in [5, 5.41) is 0. The average Bonchev–Trinajstić information content (AvgIpc) is 2.83. The van der Waals surface area contributed by atoms with Gasteiger partial charge in [0, 0.05) is 32.0 Å². The second-order valence-corrected chi connectivity index (χ2v) is 4.11. The third kappa shape index (κ3) is 2.87. The van der Waals surface area contributed by atoms with Crippen LogP contribution in [-0.4, -0.2) is 28.3 Å². The summed E-state index contributed by atoms with van der Waals surface area (Å²) >= 11 is 0. The summed E-state index contributed by atoms with van der Waals surface area (Å²) in [6, 6.07) is 3.85. The fraction of sp³-hybridized carbons (Fsp3) is 0.385. The van der Waals surface area contributed by atoms with E-state index in [-0.39, 0.29) is 0 Å². The Kier molecular flexibility index (Phi) is 4.30. The van der Waals surface area contributed by atoms with Crippen LogP contribution in [0.3, 0.4) is 0 Å². The first kappa shape index (κ1) is 12.6. The maximum atomic E-state index is 5.88. The molecular formula is C13H18N4O. The number of hydrogen-bond donors (Lipinski definition) is 1. The van der Waals surface area contributed by atoms with Crippen molar-refractivity contribution in [3.05, 3.63) is 30.9 Å². The van der Waals surface area contributed by atoms with Crippen LogP contribution in [0.15, 0.2) is 30.9 Å². The zero-order valence-electron chi connectivity index (χ0n) is 10.5. The average molecular weight is 246 g/mol. The molecule has 0 spiro atoms. The van der Waals surface area contributed by atoms with Crippen molar-refractivity contribution in [2.24, 2.45) is 0 Å². The minimum absolute atomic E-state index is 0.538. The Bertz CT molecular complexity index is 495. The molecular weight excluding hydrogens is 228 g/mol. The molecule has 0 unspecified atom stereocenters. The van der Waals surface area contributed by atoms with Gasteiger partial charge in [0.2, 0.25) is 0 Å². The van der Waals surface area contributed by atoms with Gasteiger partial charge < -0.3 is 15.0 Å². The number of aromatic nitrogens is 3. The number of nitrogens with zero attached hydrogens (tertiary/aromatic N) is 3. The largest absolute Gasteiger partial charge is 0.385 e. The van der Waals surface area contributed by atoms with Crippen LogP contribution in [-0.2, 0) is 11.3 Å². The Morgan fingerprint density at radius 3 is 3.06 bits per heavy atom. The number of unbranched alkanes of at least 4 members (excludes halogenated alkanes) is 1. The summed E-state index contributed by atoms with van der Waals surface area (Å²) in [5.41, 5.74) is 7.83. The minimum atomic E-state index is 0.538. The smallest absolute Gasteiger partial charge is 0.132 e. The van der Waals surface area contributed by atoms with Gasteiger partial charge in [-0.25, -0.2) is 9.97 Å². The number of nitrogens with two attached hydrogens (primary N) is 1. The van der Waals surface area contributed by atoms with Gasteiger partial charge in [-0.3, -0.25) is 0 Å². The molecule has 0 fully saturated rings. The molecule has 0 saturated carbocycles. The first-order valence-corrected chi connectivity index (χ1v) is 6.03. The third-order valence-corrected chi connectivity index (χ3v) is 2.82. The molecule has 5 heteroatoms. The Morgan fingerprint density at radius 2 is 2.28 bits per heavy atom. The predicted octanol–water partition coefficient (Wildman–Crippen LogP) is 1.95. The highest BCUT2D eigenvalue weighted by Crippen LogP contribution is 2.23. The lowest BCUT2D eigenvalue weighted by Crippen LogP contribution is -2.02. The van der Waals surface area contributed by atoms with Gasteiger partial charge in [0.15, 0.2) is 0 Å². The molecule has 0 aliphatic heterocycles. The highest BCUT2D eigenvalue weighted by Gasteiger charge is 2.08. The molecule has 0 bridgehead atoms. The standard InChI is InChI=1S/C13H18N4O/c1-18-8-3-2-7-17-10-15-9-12(17)11-5-4-6-16-13(11)14/h4-6,9-10H,2-3,7-8H2,1H3,(H2,14,16). The van der Waals surface area contributed by atoms with Crippen molar-refractivity contribution in [2.45, 2.75) is 19.4 Å². The minimum Gasteiger partial charge on any atom is -0.385 e. The van der Waals surface area contributed by atoms with Gasteiger partial charge in [-0.2, -0.15) is 0 Å². The van der Waals surface area contributed by atoms with Gasteiger partial charge in [0.25, 0.3) is 0 Å². The molecule has 0 amide bonds. The van der Waals surface area contributed by atoms with Gasteiger partial charge in [0.1, 0.15) is 5.82 Å². The van der Waals surface area contributed by atoms with E-state index in [2.05, 4.69) is 14.5 Å². The molecule has 2 N–H and O–H groups in total. The predicted molar refractivity (Wildman–Crippen MR) is 71.0 cm³/mol. The number of ether oxygens (including phenoxy) is 1. The summed E-state index contributed by atoms with van der Waals surface area (Å²) in [6.45, 7) is 1.70. The van der Waals surface area contributed by atoms with Crippen molar-refractivity contribution < 1.29 is 4.74 Å². The first-order valence-electron chi connectivity index (χ1n) is 6.03. The number of aryl methyl sites for hydroxylation is 1. The lowest BCUT2D eigenvalue weighted by molar-refractivity contribution is 0.191. The molecule has 0 aromatic carbocycles.